The number of aromatic nitrogens is 4. The largest absolute Gasteiger partial charge is 0.354 e. The van der Waals surface area contributed by atoms with Crippen molar-refractivity contribution in [3.63, 3.8) is 0 Å². The van der Waals surface area contributed by atoms with Crippen LogP contribution in [-0.2, 0) is 19.5 Å². The van der Waals surface area contributed by atoms with E-state index in [1.807, 2.05) is 18.3 Å². The summed E-state index contributed by atoms with van der Waals surface area (Å²) < 4.78 is 0. The van der Waals surface area contributed by atoms with Gasteiger partial charge in [-0.15, -0.1) is 0 Å². The quantitative estimate of drug-likeness (QED) is 0.434. The van der Waals surface area contributed by atoms with Crippen LogP contribution < -0.4 is 0 Å². The molecule has 1 aliphatic rings. The molecule has 0 fully saturated rings. The van der Waals surface area contributed by atoms with Crippen LogP contribution in [-0.4, -0.2) is 31.4 Å². The van der Waals surface area contributed by atoms with Crippen LogP contribution in [0, 0.1) is 0 Å². The molecule has 5 heteroatoms. The molecule has 1 aliphatic heterocycles. The minimum absolute atomic E-state index is 0.769. The molecule has 0 bridgehead atoms. The minimum Gasteiger partial charge on any atom is -0.354 e. The number of fused-ring (bicyclic) bond motifs is 2. The number of aromatic amines is 1. The number of benzene rings is 2. The maximum atomic E-state index is 4.92. The van der Waals surface area contributed by atoms with Crippen LogP contribution in [0.25, 0.3) is 33.5 Å². The van der Waals surface area contributed by atoms with Crippen LogP contribution in [0.5, 0.6) is 0 Å². The zero-order valence-electron chi connectivity index (χ0n) is 17.7. The predicted molar refractivity (Wildman–Crippen MR) is 127 cm³/mol. The Labute approximate surface area is 186 Å². The van der Waals surface area contributed by atoms with Crippen molar-refractivity contribution in [3.05, 3.63) is 102 Å². The van der Waals surface area contributed by atoms with Gasteiger partial charge >= 0.3 is 0 Å². The molecule has 0 radical (unpaired) electrons. The summed E-state index contributed by atoms with van der Waals surface area (Å²) in [5.74, 6) is 0.769. The molecule has 0 spiro atoms. The van der Waals surface area contributed by atoms with Crippen molar-refractivity contribution in [2.75, 3.05) is 6.54 Å². The fraction of sp³-hybridized carbons (Fsp3) is 0.148. The lowest BCUT2D eigenvalue weighted by molar-refractivity contribution is 0.242. The number of hydrogen-bond donors (Lipinski definition) is 1. The van der Waals surface area contributed by atoms with Crippen molar-refractivity contribution in [1.29, 1.82) is 0 Å². The maximum absolute atomic E-state index is 4.92. The number of rotatable bonds is 4. The van der Waals surface area contributed by atoms with E-state index in [4.69, 9.17) is 4.98 Å². The van der Waals surface area contributed by atoms with Crippen molar-refractivity contribution in [2.45, 2.75) is 19.5 Å². The zero-order chi connectivity index (χ0) is 21.3. The van der Waals surface area contributed by atoms with Crippen LogP contribution in [0.1, 0.15) is 16.8 Å². The molecular formula is C27H23N5. The third kappa shape index (κ3) is 3.47. The standard InChI is InChI=1S/C27H23N5/c1-2-6-19(7-3-1)26-23(22-8-4-5-9-24(22)30-26)17-32-15-12-21-16-29-27(31-25(21)18-32)20-10-13-28-14-11-20/h1-11,13-14,16,30H,12,15,17-18H2. The fourth-order valence-corrected chi connectivity index (χ4v) is 4.57. The number of hydrogen-bond acceptors (Lipinski definition) is 4. The summed E-state index contributed by atoms with van der Waals surface area (Å²) in [5.41, 5.74) is 8.33. The molecule has 5 aromatic rings. The van der Waals surface area contributed by atoms with Gasteiger partial charge in [0.25, 0.3) is 0 Å². The second kappa shape index (κ2) is 8.02. The Bertz CT molecular complexity index is 1380. The molecule has 0 aliphatic carbocycles. The molecule has 156 valence electrons. The Morgan fingerprint density at radius 3 is 2.56 bits per heavy atom. The lowest BCUT2D eigenvalue weighted by Gasteiger charge is -2.28. The van der Waals surface area contributed by atoms with Gasteiger partial charge in [0, 0.05) is 54.7 Å². The average molecular weight is 418 g/mol. The third-order valence-electron chi connectivity index (χ3n) is 6.22. The van der Waals surface area contributed by atoms with Crippen molar-refractivity contribution >= 4 is 10.9 Å². The number of nitrogens with zero attached hydrogens (tertiary/aromatic N) is 4. The van der Waals surface area contributed by atoms with Gasteiger partial charge in [0.15, 0.2) is 5.82 Å². The van der Waals surface area contributed by atoms with Gasteiger partial charge in [-0.25, -0.2) is 9.97 Å². The minimum atomic E-state index is 0.769. The molecule has 0 amide bonds. The van der Waals surface area contributed by atoms with E-state index in [0.29, 0.717) is 0 Å². The molecule has 6 rings (SSSR count). The van der Waals surface area contributed by atoms with Crippen LogP contribution in [0.2, 0.25) is 0 Å². The van der Waals surface area contributed by atoms with E-state index in [1.54, 1.807) is 12.4 Å². The molecule has 4 heterocycles. The van der Waals surface area contributed by atoms with Crippen LogP contribution in [0.3, 0.4) is 0 Å². The van der Waals surface area contributed by atoms with E-state index in [9.17, 15) is 0 Å². The highest BCUT2D eigenvalue weighted by Crippen LogP contribution is 2.32. The summed E-state index contributed by atoms with van der Waals surface area (Å²) in [6.07, 6.45) is 6.53. The third-order valence-corrected chi connectivity index (χ3v) is 6.22. The topological polar surface area (TPSA) is 57.7 Å². The summed E-state index contributed by atoms with van der Waals surface area (Å²) in [6, 6.07) is 23.1. The Hall–Kier alpha value is -3.83. The SMILES string of the molecule is c1ccc(-c2[nH]c3ccccc3c2CN2CCc3cnc(-c4ccncc4)nc3C2)cc1. The smallest absolute Gasteiger partial charge is 0.159 e. The van der Waals surface area contributed by atoms with E-state index in [-0.39, 0.29) is 0 Å². The van der Waals surface area contributed by atoms with Gasteiger partial charge in [-0.3, -0.25) is 9.88 Å². The summed E-state index contributed by atoms with van der Waals surface area (Å²) in [5, 5.41) is 1.29. The Morgan fingerprint density at radius 2 is 1.69 bits per heavy atom. The van der Waals surface area contributed by atoms with Gasteiger partial charge in [0.1, 0.15) is 0 Å². The van der Waals surface area contributed by atoms with Gasteiger partial charge in [0.05, 0.1) is 11.4 Å². The highest BCUT2D eigenvalue weighted by Gasteiger charge is 2.22. The number of para-hydroxylation sites is 1. The van der Waals surface area contributed by atoms with E-state index in [1.165, 1.54) is 33.3 Å². The first kappa shape index (κ1) is 18.9. The Kier molecular flexibility index (Phi) is 4.74. The van der Waals surface area contributed by atoms with Crippen molar-refractivity contribution in [1.82, 2.24) is 24.8 Å². The first-order valence-electron chi connectivity index (χ1n) is 11.0. The summed E-state index contributed by atoms with van der Waals surface area (Å²) in [6.45, 7) is 2.70. The fourth-order valence-electron chi connectivity index (χ4n) is 4.57. The second-order valence-electron chi connectivity index (χ2n) is 8.25. The van der Waals surface area contributed by atoms with Crippen LogP contribution in [0.4, 0.5) is 0 Å². The van der Waals surface area contributed by atoms with Gasteiger partial charge in [-0.1, -0.05) is 48.5 Å². The lowest BCUT2D eigenvalue weighted by atomic mass is 10.0. The lowest BCUT2D eigenvalue weighted by Crippen LogP contribution is -2.31. The Balaban J connectivity index is 1.34. The van der Waals surface area contributed by atoms with E-state index in [0.717, 1.165) is 43.1 Å². The van der Waals surface area contributed by atoms with Crippen molar-refractivity contribution < 1.29 is 0 Å². The predicted octanol–water partition coefficient (Wildman–Crippen LogP) is 5.25. The number of pyridine rings is 1. The van der Waals surface area contributed by atoms with Crippen LogP contribution in [0.15, 0.2) is 85.3 Å². The molecule has 0 saturated carbocycles. The molecule has 0 atom stereocenters. The molecule has 1 N–H and O–H groups in total. The number of H-pyrrole nitrogens is 1. The molecular weight excluding hydrogens is 394 g/mol. The van der Waals surface area contributed by atoms with E-state index in [2.05, 4.69) is 74.4 Å². The van der Waals surface area contributed by atoms with Crippen molar-refractivity contribution in [3.8, 4) is 22.6 Å². The molecule has 3 aromatic heterocycles. The summed E-state index contributed by atoms with van der Waals surface area (Å²) in [4.78, 5) is 19.8. The summed E-state index contributed by atoms with van der Waals surface area (Å²) >= 11 is 0. The van der Waals surface area contributed by atoms with Gasteiger partial charge in [-0.2, -0.15) is 0 Å². The first-order valence-corrected chi connectivity index (χ1v) is 11.0. The highest BCUT2D eigenvalue weighted by molar-refractivity contribution is 5.90. The second-order valence-corrected chi connectivity index (χ2v) is 8.25. The molecule has 2 aromatic carbocycles. The maximum Gasteiger partial charge on any atom is 0.159 e. The van der Waals surface area contributed by atoms with Gasteiger partial charge in [0.2, 0.25) is 0 Å². The van der Waals surface area contributed by atoms with Crippen molar-refractivity contribution in [2.24, 2.45) is 0 Å². The van der Waals surface area contributed by atoms with Crippen LogP contribution >= 0.6 is 0 Å². The van der Waals surface area contributed by atoms with Gasteiger partial charge in [-0.05, 0) is 41.3 Å². The monoisotopic (exact) mass is 417 g/mol. The zero-order valence-corrected chi connectivity index (χ0v) is 17.7. The normalized spacial score (nSPS) is 13.9. The molecule has 0 saturated heterocycles. The molecule has 32 heavy (non-hydrogen) atoms. The Morgan fingerprint density at radius 1 is 0.875 bits per heavy atom. The number of nitrogens with one attached hydrogen (secondary N) is 1. The van der Waals surface area contributed by atoms with E-state index < -0.39 is 0 Å². The summed E-state index contributed by atoms with van der Waals surface area (Å²) in [7, 11) is 0. The highest BCUT2D eigenvalue weighted by atomic mass is 15.1. The van der Waals surface area contributed by atoms with Gasteiger partial charge < -0.3 is 4.98 Å². The van der Waals surface area contributed by atoms with E-state index >= 15 is 0 Å². The average Bonchev–Trinajstić information content (AvgIpc) is 3.23. The molecule has 0 unspecified atom stereocenters. The molecule has 5 nitrogen and oxygen atoms in total. The first-order chi connectivity index (χ1) is 15.8.